The molecule has 2 N–H and O–H groups in total. The summed E-state index contributed by atoms with van der Waals surface area (Å²) in [7, 11) is 0. The average molecular weight is 309 g/mol. The minimum atomic E-state index is -0.215. The Balaban J connectivity index is 2.16. The molecule has 8 heteroatoms. The van der Waals surface area contributed by atoms with Gasteiger partial charge in [0.1, 0.15) is 12.1 Å². The van der Waals surface area contributed by atoms with Crippen LogP contribution in [0.15, 0.2) is 11.5 Å². The molecule has 0 saturated carbocycles. The lowest BCUT2D eigenvalue weighted by molar-refractivity contribution is -0.143. The summed E-state index contributed by atoms with van der Waals surface area (Å²) in [4.78, 5) is 24.1. The number of carbonyl (C=O) groups excluding carboxylic acids is 1. The van der Waals surface area contributed by atoms with Gasteiger partial charge in [-0.25, -0.2) is 15.0 Å². The third-order valence-electron chi connectivity index (χ3n) is 2.79. The number of anilines is 1. The molecule has 0 saturated heterocycles. The maximum Gasteiger partial charge on any atom is 0.305 e. The van der Waals surface area contributed by atoms with E-state index >= 15 is 0 Å². The number of carbonyl (C=O) groups is 1. The number of fused-ring (bicyclic) bond motifs is 1. The summed E-state index contributed by atoms with van der Waals surface area (Å²) in [6, 6.07) is 0. The van der Waals surface area contributed by atoms with Gasteiger partial charge in [-0.05, 0) is 6.42 Å². The topological polar surface area (TPSA) is 95.9 Å². The molecule has 2 heterocycles. The molecule has 0 fully saturated rings. The van der Waals surface area contributed by atoms with Crippen LogP contribution in [0.1, 0.15) is 26.7 Å². The Labute approximate surface area is 127 Å². The van der Waals surface area contributed by atoms with E-state index in [1.54, 1.807) is 25.0 Å². The SMILES string of the molecule is CCCSc1nc(N)c2ncn(CCOC(=O)CC)c2n1. The number of imidazole rings is 1. The van der Waals surface area contributed by atoms with E-state index < -0.39 is 0 Å². The summed E-state index contributed by atoms with van der Waals surface area (Å²) in [6.45, 7) is 4.65. The van der Waals surface area contributed by atoms with Crippen LogP contribution < -0.4 is 5.73 Å². The molecule has 0 unspecified atom stereocenters. The number of hydrogen-bond donors (Lipinski definition) is 1. The highest BCUT2D eigenvalue weighted by Gasteiger charge is 2.11. The van der Waals surface area contributed by atoms with E-state index in [9.17, 15) is 4.79 Å². The van der Waals surface area contributed by atoms with Crippen LogP contribution in [-0.2, 0) is 16.1 Å². The number of hydrogen-bond acceptors (Lipinski definition) is 7. The zero-order valence-corrected chi connectivity index (χ0v) is 13.0. The molecule has 0 aliphatic rings. The van der Waals surface area contributed by atoms with Gasteiger partial charge in [0.25, 0.3) is 0 Å². The first kappa shape index (κ1) is 15.6. The van der Waals surface area contributed by atoms with Crippen molar-refractivity contribution in [1.29, 1.82) is 0 Å². The predicted octanol–water partition coefficient (Wildman–Crippen LogP) is 1.86. The van der Waals surface area contributed by atoms with Crippen molar-refractivity contribution in [2.75, 3.05) is 18.1 Å². The molecule has 7 nitrogen and oxygen atoms in total. The standard InChI is InChI=1S/C13H19N5O2S/c1-3-7-21-13-16-11(14)10-12(17-13)18(8-15-10)5-6-20-9(19)4-2/h8H,3-7H2,1-2H3,(H2,14,16,17). The van der Waals surface area contributed by atoms with Gasteiger partial charge in [0, 0.05) is 12.2 Å². The fourth-order valence-corrected chi connectivity index (χ4v) is 2.43. The van der Waals surface area contributed by atoms with E-state index in [2.05, 4.69) is 21.9 Å². The van der Waals surface area contributed by atoms with Crippen molar-refractivity contribution < 1.29 is 9.53 Å². The van der Waals surface area contributed by atoms with E-state index in [1.165, 1.54) is 0 Å². The lowest BCUT2D eigenvalue weighted by Gasteiger charge is -2.06. The van der Waals surface area contributed by atoms with Crippen LogP contribution in [0.25, 0.3) is 11.2 Å². The van der Waals surface area contributed by atoms with Crippen LogP contribution in [0.3, 0.4) is 0 Å². The van der Waals surface area contributed by atoms with Crippen LogP contribution >= 0.6 is 11.8 Å². The highest BCUT2D eigenvalue weighted by molar-refractivity contribution is 7.99. The fourth-order valence-electron chi connectivity index (χ4n) is 1.73. The first-order valence-electron chi connectivity index (χ1n) is 6.92. The molecule has 0 aliphatic heterocycles. The first-order valence-corrected chi connectivity index (χ1v) is 7.91. The van der Waals surface area contributed by atoms with Gasteiger partial charge in [-0.2, -0.15) is 0 Å². The molecule has 2 aromatic rings. The van der Waals surface area contributed by atoms with E-state index in [-0.39, 0.29) is 5.97 Å². The zero-order chi connectivity index (χ0) is 15.2. The molecule has 0 aromatic carbocycles. The smallest absolute Gasteiger partial charge is 0.305 e. The summed E-state index contributed by atoms with van der Waals surface area (Å²) >= 11 is 1.57. The Morgan fingerprint density at radius 2 is 2.24 bits per heavy atom. The quantitative estimate of drug-likeness (QED) is 0.474. The lowest BCUT2D eigenvalue weighted by Crippen LogP contribution is -2.10. The number of aromatic nitrogens is 4. The van der Waals surface area contributed by atoms with Crippen LogP contribution in [0.5, 0.6) is 0 Å². The Hall–Kier alpha value is -1.83. The number of thioether (sulfide) groups is 1. The zero-order valence-electron chi connectivity index (χ0n) is 12.2. The monoisotopic (exact) mass is 309 g/mol. The third-order valence-corrected chi connectivity index (χ3v) is 3.84. The Bertz CT molecular complexity index is 628. The molecule has 0 amide bonds. The highest BCUT2D eigenvalue weighted by Crippen LogP contribution is 2.21. The Morgan fingerprint density at radius 1 is 1.43 bits per heavy atom. The Morgan fingerprint density at radius 3 is 2.95 bits per heavy atom. The van der Waals surface area contributed by atoms with Crippen molar-refractivity contribution in [1.82, 2.24) is 19.5 Å². The number of ether oxygens (including phenoxy) is 1. The van der Waals surface area contributed by atoms with Gasteiger partial charge < -0.3 is 15.0 Å². The molecular weight excluding hydrogens is 290 g/mol. The summed E-state index contributed by atoms with van der Waals surface area (Å²) in [6.07, 6.45) is 3.06. The second kappa shape index (κ2) is 7.26. The van der Waals surface area contributed by atoms with Gasteiger partial charge >= 0.3 is 5.97 Å². The number of esters is 1. The molecule has 0 atom stereocenters. The summed E-state index contributed by atoms with van der Waals surface area (Å²) < 4.78 is 6.90. The molecule has 2 aromatic heterocycles. The van der Waals surface area contributed by atoms with Crippen molar-refractivity contribution in [2.45, 2.75) is 38.4 Å². The third kappa shape index (κ3) is 3.84. The van der Waals surface area contributed by atoms with E-state index in [0.717, 1.165) is 12.2 Å². The molecule has 21 heavy (non-hydrogen) atoms. The summed E-state index contributed by atoms with van der Waals surface area (Å²) in [5.74, 6) is 1.10. The second-order valence-electron chi connectivity index (χ2n) is 4.42. The first-order chi connectivity index (χ1) is 10.2. The summed E-state index contributed by atoms with van der Waals surface area (Å²) in [5.41, 5.74) is 7.17. The molecule has 0 bridgehead atoms. The Kier molecular flexibility index (Phi) is 5.38. The summed E-state index contributed by atoms with van der Waals surface area (Å²) in [5, 5.41) is 0.647. The highest BCUT2D eigenvalue weighted by atomic mass is 32.2. The minimum Gasteiger partial charge on any atom is -0.464 e. The van der Waals surface area contributed by atoms with E-state index in [1.807, 2.05) is 4.57 Å². The van der Waals surface area contributed by atoms with Crippen LogP contribution in [0.2, 0.25) is 0 Å². The fraction of sp³-hybridized carbons (Fsp3) is 0.538. The van der Waals surface area contributed by atoms with Crippen LogP contribution in [0.4, 0.5) is 5.82 Å². The average Bonchev–Trinajstić information content (AvgIpc) is 2.88. The molecular formula is C13H19N5O2S. The lowest BCUT2D eigenvalue weighted by atomic mass is 10.5. The van der Waals surface area contributed by atoms with Crippen molar-refractivity contribution >= 4 is 34.7 Å². The van der Waals surface area contributed by atoms with Crippen LogP contribution in [-0.4, -0.2) is 37.8 Å². The number of nitrogen functional groups attached to an aromatic ring is 1. The van der Waals surface area contributed by atoms with Gasteiger partial charge in [0.05, 0.1) is 12.9 Å². The second-order valence-corrected chi connectivity index (χ2v) is 5.49. The minimum absolute atomic E-state index is 0.215. The number of nitrogens with two attached hydrogens (primary N) is 1. The van der Waals surface area contributed by atoms with Gasteiger partial charge in [0.2, 0.25) is 0 Å². The van der Waals surface area contributed by atoms with Gasteiger partial charge in [-0.3, -0.25) is 4.79 Å². The molecule has 2 rings (SSSR count). The maximum absolute atomic E-state index is 11.1. The van der Waals surface area contributed by atoms with Gasteiger partial charge in [0.15, 0.2) is 16.6 Å². The predicted molar refractivity (Wildman–Crippen MR) is 82.0 cm³/mol. The van der Waals surface area contributed by atoms with Gasteiger partial charge in [-0.15, -0.1) is 0 Å². The maximum atomic E-state index is 11.1. The normalized spacial score (nSPS) is 11.0. The van der Waals surface area contributed by atoms with E-state index in [0.29, 0.717) is 41.7 Å². The molecule has 0 radical (unpaired) electrons. The van der Waals surface area contributed by atoms with Gasteiger partial charge in [-0.1, -0.05) is 25.6 Å². The molecule has 0 spiro atoms. The van der Waals surface area contributed by atoms with E-state index in [4.69, 9.17) is 10.5 Å². The van der Waals surface area contributed by atoms with Crippen molar-refractivity contribution in [3.8, 4) is 0 Å². The number of nitrogens with zero attached hydrogens (tertiary/aromatic N) is 4. The molecule has 0 aliphatic carbocycles. The van der Waals surface area contributed by atoms with Crippen molar-refractivity contribution in [3.63, 3.8) is 0 Å². The van der Waals surface area contributed by atoms with Crippen molar-refractivity contribution in [3.05, 3.63) is 6.33 Å². The van der Waals surface area contributed by atoms with Crippen molar-refractivity contribution in [2.24, 2.45) is 0 Å². The largest absolute Gasteiger partial charge is 0.464 e. The molecule has 114 valence electrons. The van der Waals surface area contributed by atoms with Crippen LogP contribution in [0, 0.1) is 0 Å². The number of rotatable bonds is 7.